The predicted octanol–water partition coefficient (Wildman–Crippen LogP) is -1.00. The molecule has 5 N–H and O–H groups in total. The minimum absolute atomic E-state index is 0.0567. The van der Waals surface area contributed by atoms with Crippen LogP contribution in [0.2, 0.25) is 0 Å². The molecule has 0 bridgehead atoms. The van der Waals surface area contributed by atoms with E-state index < -0.39 is 35.8 Å². The van der Waals surface area contributed by atoms with E-state index in [-0.39, 0.29) is 50.3 Å². The minimum atomic E-state index is -1.16. The van der Waals surface area contributed by atoms with Gasteiger partial charge in [0.15, 0.2) is 0 Å². The number of piperazine rings is 1. The van der Waals surface area contributed by atoms with Crippen LogP contribution < -0.4 is 11.1 Å². The van der Waals surface area contributed by atoms with Gasteiger partial charge in [-0.05, 0) is 32.1 Å². The lowest BCUT2D eigenvalue weighted by Crippen LogP contribution is -2.62. The fourth-order valence-electron chi connectivity index (χ4n) is 4.19. The van der Waals surface area contributed by atoms with Crippen LogP contribution in [0.4, 0.5) is 0 Å². The number of hydrogen-bond donors (Lipinski definition) is 4. The lowest BCUT2D eigenvalue weighted by Gasteiger charge is -2.45. The number of amides is 3. The highest BCUT2D eigenvalue weighted by atomic mass is 16.4. The van der Waals surface area contributed by atoms with Crippen molar-refractivity contribution in [2.24, 2.45) is 11.1 Å². The first kappa shape index (κ1) is 23.6. The first-order chi connectivity index (χ1) is 14.1. The van der Waals surface area contributed by atoms with Gasteiger partial charge in [0.2, 0.25) is 17.7 Å². The molecule has 0 spiro atoms. The number of carbonyl (C=O) groups is 5. The van der Waals surface area contributed by atoms with E-state index in [9.17, 15) is 24.0 Å². The molecule has 2 aliphatic rings. The molecule has 3 amide bonds. The van der Waals surface area contributed by atoms with Crippen LogP contribution in [-0.2, 0) is 24.0 Å². The Kier molecular flexibility index (Phi) is 7.77. The SMILES string of the molecule is CC1(C(=O)N2CCN(CC(=O)O)C(=O)[C@@H]2CCC(=O)O)CCC(NC(=O)CN)CC1. The fraction of sp³-hybridized carbons (Fsp3) is 0.737. The molecule has 2 fully saturated rings. The molecule has 2 rings (SSSR count). The first-order valence-electron chi connectivity index (χ1n) is 10.1. The van der Waals surface area contributed by atoms with Gasteiger partial charge in [-0.25, -0.2) is 0 Å². The predicted molar refractivity (Wildman–Crippen MR) is 104 cm³/mol. The second-order valence-electron chi connectivity index (χ2n) is 8.21. The molecule has 0 aromatic heterocycles. The number of aliphatic carboxylic acids is 2. The smallest absolute Gasteiger partial charge is 0.323 e. The zero-order chi connectivity index (χ0) is 22.5. The molecule has 1 atom stereocenters. The van der Waals surface area contributed by atoms with Crippen molar-refractivity contribution in [3.63, 3.8) is 0 Å². The molecule has 1 aliphatic heterocycles. The summed E-state index contributed by atoms with van der Waals surface area (Å²) in [6, 6.07) is -1.05. The molecule has 1 aliphatic carbocycles. The molecular formula is C19H30N4O7. The maximum Gasteiger partial charge on any atom is 0.323 e. The van der Waals surface area contributed by atoms with Crippen molar-refractivity contribution in [3.05, 3.63) is 0 Å². The molecule has 1 saturated carbocycles. The number of nitrogens with zero attached hydrogens (tertiary/aromatic N) is 2. The Morgan fingerprint density at radius 3 is 2.30 bits per heavy atom. The van der Waals surface area contributed by atoms with Crippen LogP contribution in [0.25, 0.3) is 0 Å². The van der Waals surface area contributed by atoms with Crippen molar-refractivity contribution in [1.29, 1.82) is 0 Å². The highest BCUT2D eigenvalue weighted by molar-refractivity contribution is 5.92. The Hall–Kier alpha value is -2.69. The van der Waals surface area contributed by atoms with Crippen LogP contribution in [0.15, 0.2) is 0 Å². The highest BCUT2D eigenvalue weighted by Crippen LogP contribution is 2.39. The third-order valence-corrected chi connectivity index (χ3v) is 5.96. The van der Waals surface area contributed by atoms with Crippen LogP contribution in [0, 0.1) is 5.41 Å². The van der Waals surface area contributed by atoms with Crippen LogP contribution in [0.5, 0.6) is 0 Å². The van der Waals surface area contributed by atoms with Gasteiger partial charge in [-0.1, -0.05) is 6.92 Å². The van der Waals surface area contributed by atoms with E-state index in [4.69, 9.17) is 15.9 Å². The fourth-order valence-corrected chi connectivity index (χ4v) is 4.19. The number of nitrogens with two attached hydrogens (primary N) is 1. The van der Waals surface area contributed by atoms with Crippen molar-refractivity contribution in [2.45, 2.75) is 57.5 Å². The van der Waals surface area contributed by atoms with Gasteiger partial charge in [0.1, 0.15) is 12.6 Å². The number of carbonyl (C=O) groups excluding carboxylic acids is 3. The number of rotatable bonds is 8. The van der Waals surface area contributed by atoms with E-state index in [2.05, 4.69) is 5.32 Å². The number of nitrogens with one attached hydrogen (secondary N) is 1. The molecule has 0 aromatic carbocycles. The summed E-state index contributed by atoms with van der Waals surface area (Å²) in [5.74, 6) is -3.27. The summed E-state index contributed by atoms with van der Waals surface area (Å²) in [5.41, 5.74) is 4.58. The molecule has 11 nitrogen and oxygen atoms in total. The summed E-state index contributed by atoms with van der Waals surface area (Å²) < 4.78 is 0. The van der Waals surface area contributed by atoms with Gasteiger partial charge >= 0.3 is 11.9 Å². The Morgan fingerprint density at radius 2 is 1.77 bits per heavy atom. The molecular weight excluding hydrogens is 396 g/mol. The second-order valence-corrected chi connectivity index (χ2v) is 8.21. The number of carboxylic acids is 2. The Balaban J connectivity index is 2.11. The maximum absolute atomic E-state index is 13.4. The molecule has 0 radical (unpaired) electrons. The van der Waals surface area contributed by atoms with Gasteiger partial charge in [-0.15, -0.1) is 0 Å². The molecule has 11 heteroatoms. The lowest BCUT2D eigenvalue weighted by molar-refractivity contribution is -0.161. The monoisotopic (exact) mass is 426 g/mol. The van der Waals surface area contributed by atoms with E-state index in [1.165, 1.54) is 4.90 Å². The van der Waals surface area contributed by atoms with Gasteiger partial charge in [0.25, 0.3) is 0 Å². The van der Waals surface area contributed by atoms with E-state index in [0.29, 0.717) is 25.7 Å². The third-order valence-electron chi connectivity index (χ3n) is 5.96. The van der Waals surface area contributed by atoms with E-state index in [1.807, 2.05) is 6.92 Å². The number of carboxylic acid groups (broad SMARTS) is 2. The van der Waals surface area contributed by atoms with Gasteiger partial charge in [0.05, 0.1) is 6.54 Å². The minimum Gasteiger partial charge on any atom is -0.481 e. The van der Waals surface area contributed by atoms with Crippen molar-refractivity contribution < 1.29 is 34.2 Å². The van der Waals surface area contributed by atoms with Gasteiger partial charge in [0, 0.05) is 31.0 Å². The summed E-state index contributed by atoms with van der Waals surface area (Å²) in [5, 5.41) is 20.9. The molecule has 30 heavy (non-hydrogen) atoms. The Morgan fingerprint density at radius 1 is 1.13 bits per heavy atom. The molecule has 168 valence electrons. The second kappa shape index (κ2) is 9.88. The van der Waals surface area contributed by atoms with Crippen molar-refractivity contribution >= 4 is 29.7 Å². The summed E-state index contributed by atoms with van der Waals surface area (Å²) in [6.07, 6.45) is 1.85. The Labute approximate surface area is 174 Å². The lowest BCUT2D eigenvalue weighted by atomic mass is 9.72. The van der Waals surface area contributed by atoms with Crippen LogP contribution in [0.1, 0.15) is 45.4 Å². The zero-order valence-electron chi connectivity index (χ0n) is 17.1. The average Bonchev–Trinajstić information content (AvgIpc) is 2.69. The normalized spacial score (nSPS) is 26.9. The molecule has 0 unspecified atom stereocenters. The molecule has 1 heterocycles. The van der Waals surface area contributed by atoms with Gasteiger partial charge < -0.3 is 31.1 Å². The summed E-state index contributed by atoms with van der Waals surface area (Å²) in [4.78, 5) is 62.3. The van der Waals surface area contributed by atoms with Crippen LogP contribution in [0.3, 0.4) is 0 Å². The zero-order valence-corrected chi connectivity index (χ0v) is 17.1. The topological polar surface area (TPSA) is 170 Å². The summed E-state index contributed by atoms with van der Waals surface area (Å²) in [7, 11) is 0. The first-order valence-corrected chi connectivity index (χ1v) is 10.1. The highest BCUT2D eigenvalue weighted by Gasteiger charge is 2.46. The summed E-state index contributed by atoms with van der Waals surface area (Å²) in [6.45, 7) is 1.49. The van der Waals surface area contributed by atoms with Crippen molar-refractivity contribution in [1.82, 2.24) is 15.1 Å². The third kappa shape index (κ3) is 5.68. The van der Waals surface area contributed by atoms with Gasteiger partial charge in [-0.2, -0.15) is 0 Å². The molecule has 1 saturated heterocycles. The van der Waals surface area contributed by atoms with Crippen LogP contribution in [-0.4, -0.2) is 87.9 Å². The van der Waals surface area contributed by atoms with E-state index in [1.54, 1.807) is 0 Å². The standard InChI is InChI=1S/C19H30N4O7/c1-19(6-4-12(5-7-19)21-14(24)10-20)18(30)23-9-8-22(11-16(27)28)17(29)13(23)2-3-15(25)26/h12-13H,2-11,20H2,1H3,(H,21,24)(H,25,26)(H,27,28)/t12?,13-,19?/m0/s1. The van der Waals surface area contributed by atoms with Crippen molar-refractivity contribution in [3.8, 4) is 0 Å². The van der Waals surface area contributed by atoms with Crippen molar-refractivity contribution in [2.75, 3.05) is 26.2 Å². The Bertz CT molecular complexity index is 703. The van der Waals surface area contributed by atoms with Crippen LogP contribution >= 0.6 is 0 Å². The molecule has 0 aromatic rings. The average molecular weight is 426 g/mol. The van der Waals surface area contributed by atoms with Gasteiger partial charge in [-0.3, -0.25) is 24.0 Å². The summed E-state index contributed by atoms with van der Waals surface area (Å²) >= 11 is 0. The quantitative estimate of drug-likeness (QED) is 0.383. The maximum atomic E-state index is 13.4. The largest absolute Gasteiger partial charge is 0.481 e. The van der Waals surface area contributed by atoms with E-state index in [0.717, 1.165) is 4.90 Å². The van der Waals surface area contributed by atoms with E-state index >= 15 is 0 Å². The number of hydrogen-bond acceptors (Lipinski definition) is 6.